The molecule has 0 unspecified atom stereocenters. The summed E-state index contributed by atoms with van der Waals surface area (Å²) >= 11 is 0. The predicted molar refractivity (Wildman–Crippen MR) is 56.5 cm³/mol. The van der Waals surface area contributed by atoms with Crippen molar-refractivity contribution in [3.05, 3.63) is 29.3 Å². The van der Waals surface area contributed by atoms with Crippen LogP contribution in [0.4, 0.5) is 13.2 Å². The van der Waals surface area contributed by atoms with E-state index in [1.807, 2.05) is 13.8 Å². The number of nitriles is 1. The number of benzene rings is 1. The zero-order valence-electron chi connectivity index (χ0n) is 9.51. The van der Waals surface area contributed by atoms with E-state index in [0.29, 0.717) is 0 Å². The van der Waals surface area contributed by atoms with E-state index in [9.17, 15) is 13.2 Å². The Morgan fingerprint density at radius 1 is 1.35 bits per heavy atom. The van der Waals surface area contributed by atoms with Crippen molar-refractivity contribution >= 4 is 0 Å². The maximum absolute atomic E-state index is 12.5. The summed E-state index contributed by atoms with van der Waals surface area (Å²) in [6, 6.07) is 4.67. The first kappa shape index (κ1) is 13.4. The van der Waals surface area contributed by atoms with Crippen LogP contribution in [0.15, 0.2) is 18.2 Å². The molecule has 0 aliphatic rings. The van der Waals surface area contributed by atoms with Crippen LogP contribution in [0.5, 0.6) is 5.75 Å². The van der Waals surface area contributed by atoms with Crippen LogP contribution in [0.25, 0.3) is 0 Å². The molecule has 2 nitrogen and oxygen atoms in total. The topological polar surface area (TPSA) is 33.0 Å². The maximum Gasteiger partial charge on any atom is 0.416 e. The summed E-state index contributed by atoms with van der Waals surface area (Å²) in [5.74, 6) is 0.159. The Kier molecular flexibility index (Phi) is 4.00. The average molecular weight is 243 g/mol. The van der Waals surface area contributed by atoms with Crippen LogP contribution in [0.3, 0.4) is 0 Å². The van der Waals surface area contributed by atoms with Gasteiger partial charge < -0.3 is 4.74 Å². The lowest BCUT2D eigenvalue weighted by Crippen LogP contribution is -2.09. The summed E-state index contributed by atoms with van der Waals surface area (Å²) in [6.45, 7) is 4.02. The van der Waals surface area contributed by atoms with Gasteiger partial charge in [0.15, 0.2) is 0 Å². The second kappa shape index (κ2) is 5.09. The van der Waals surface area contributed by atoms with Gasteiger partial charge in [0.05, 0.1) is 17.7 Å². The summed E-state index contributed by atoms with van der Waals surface area (Å²) in [5.41, 5.74) is -0.700. The Balaban J connectivity index is 3.04. The van der Waals surface area contributed by atoms with Crippen LogP contribution in [-0.2, 0) is 6.18 Å². The van der Waals surface area contributed by atoms with E-state index >= 15 is 0 Å². The van der Waals surface area contributed by atoms with Gasteiger partial charge in [0.2, 0.25) is 0 Å². The summed E-state index contributed by atoms with van der Waals surface area (Å²) in [7, 11) is 0. The molecule has 0 N–H and O–H groups in total. The lowest BCUT2D eigenvalue weighted by Gasteiger charge is -2.12. The third kappa shape index (κ3) is 3.66. The number of nitrogens with zero attached hydrogens (tertiary/aromatic N) is 1. The molecule has 17 heavy (non-hydrogen) atoms. The molecule has 0 saturated carbocycles. The van der Waals surface area contributed by atoms with Gasteiger partial charge in [-0.25, -0.2) is 0 Å². The van der Waals surface area contributed by atoms with E-state index in [2.05, 4.69) is 0 Å². The standard InChI is InChI=1S/C12H12F3NO/c1-8(2)7-17-11-5-10(12(13,14)15)4-3-9(11)6-16/h3-5,8H,7H2,1-2H3. The second-order valence-corrected chi connectivity index (χ2v) is 4.03. The molecule has 0 aromatic heterocycles. The number of rotatable bonds is 3. The minimum atomic E-state index is -4.43. The average Bonchev–Trinajstić information content (AvgIpc) is 2.24. The first-order chi connectivity index (χ1) is 7.84. The highest BCUT2D eigenvalue weighted by Crippen LogP contribution is 2.33. The predicted octanol–water partition coefficient (Wildman–Crippen LogP) is 3.61. The summed E-state index contributed by atoms with van der Waals surface area (Å²) in [6.07, 6.45) is -4.43. The summed E-state index contributed by atoms with van der Waals surface area (Å²) in [4.78, 5) is 0. The van der Waals surface area contributed by atoms with E-state index in [-0.39, 0.29) is 23.8 Å². The molecule has 0 fully saturated rings. The molecule has 1 rings (SSSR count). The fraction of sp³-hybridized carbons (Fsp3) is 0.417. The second-order valence-electron chi connectivity index (χ2n) is 4.03. The molecule has 0 aliphatic carbocycles. The number of ether oxygens (including phenoxy) is 1. The Morgan fingerprint density at radius 2 is 2.00 bits per heavy atom. The van der Waals surface area contributed by atoms with Crippen molar-refractivity contribution in [3.63, 3.8) is 0 Å². The molecule has 0 radical (unpaired) electrons. The summed E-state index contributed by atoms with van der Waals surface area (Å²) in [5, 5.41) is 8.77. The smallest absolute Gasteiger partial charge is 0.416 e. The Labute approximate surface area is 97.6 Å². The Bertz CT molecular complexity index is 432. The Hall–Kier alpha value is -1.70. The van der Waals surface area contributed by atoms with Gasteiger partial charge in [-0.2, -0.15) is 18.4 Å². The van der Waals surface area contributed by atoms with Crippen LogP contribution < -0.4 is 4.74 Å². The van der Waals surface area contributed by atoms with Crippen LogP contribution in [0.2, 0.25) is 0 Å². The monoisotopic (exact) mass is 243 g/mol. The van der Waals surface area contributed by atoms with Gasteiger partial charge in [0.25, 0.3) is 0 Å². The lowest BCUT2D eigenvalue weighted by atomic mass is 10.1. The van der Waals surface area contributed by atoms with Crippen molar-refractivity contribution in [2.45, 2.75) is 20.0 Å². The molecule has 5 heteroatoms. The SMILES string of the molecule is CC(C)COc1cc(C(F)(F)F)ccc1C#N. The fourth-order valence-electron chi connectivity index (χ4n) is 1.17. The third-order valence-electron chi connectivity index (χ3n) is 2.00. The van der Waals surface area contributed by atoms with E-state index in [1.54, 1.807) is 6.07 Å². The molecule has 0 aliphatic heterocycles. The van der Waals surface area contributed by atoms with E-state index in [0.717, 1.165) is 18.2 Å². The zero-order chi connectivity index (χ0) is 13.1. The van der Waals surface area contributed by atoms with Crippen molar-refractivity contribution < 1.29 is 17.9 Å². The normalized spacial score (nSPS) is 11.4. The lowest BCUT2D eigenvalue weighted by molar-refractivity contribution is -0.137. The highest BCUT2D eigenvalue weighted by Gasteiger charge is 2.31. The van der Waals surface area contributed by atoms with Gasteiger partial charge in [0.1, 0.15) is 11.8 Å². The third-order valence-corrected chi connectivity index (χ3v) is 2.00. The highest BCUT2D eigenvalue weighted by molar-refractivity contribution is 5.46. The zero-order valence-corrected chi connectivity index (χ0v) is 9.51. The molecule has 0 atom stereocenters. The van der Waals surface area contributed by atoms with Crippen molar-refractivity contribution in [1.82, 2.24) is 0 Å². The first-order valence-corrected chi connectivity index (χ1v) is 5.08. The van der Waals surface area contributed by atoms with Crippen molar-refractivity contribution in [1.29, 1.82) is 5.26 Å². The van der Waals surface area contributed by atoms with Crippen molar-refractivity contribution in [2.24, 2.45) is 5.92 Å². The van der Waals surface area contributed by atoms with Gasteiger partial charge in [-0.1, -0.05) is 13.8 Å². The maximum atomic E-state index is 12.5. The first-order valence-electron chi connectivity index (χ1n) is 5.08. The minimum absolute atomic E-state index is 0.0176. The molecular weight excluding hydrogens is 231 g/mol. The van der Waals surface area contributed by atoms with E-state index in [4.69, 9.17) is 10.00 Å². The molecule has 92 valence electrons. The molecule has 0 amide bonds. The van der Waals surface area contributed by atoms with Gasteiger partial charge in [-0.05, 0) is 24.1 Å². The molecular formula is C12H12F3NO. The number of hydrogen-bond donors (Lipinski definition) is 0. The number of alkyl halides is 3. The van der Waals surface area contributed by atoms with E-state index in [1.165, 1.54) is 0 Å². The van der Waals surface area contributed by atoms with Crippen LogP contribution >= 0.6 is 0 Å². The van der Waals surface area contributed by atoms with Crippen LogP contribution in [-0.4, -0.2) is 6.61 Å². The molecule has 0 saturated heterocycles. The van der Waals surface area contributed by atoms with Crippen molar-refractivity contribution in [3.8, 4) is 11.8 Å². The fourth-order valence-corrected chi connectivity index (χ4v) is 1.17. The van der Waals surface area contributed by atoms with Crippen molar-refractivity contribution in [2.75, 3.05) is 6.61 Å². The van der Waals surface area contributed by atoms with Crippen LogP contribution in [0, 0.1) is 17.2 Å². The molecule has 1 aromatic carbocycles. The van der Waals surface area contributed by atoms with Gasteiger partial charge in [-0.3, -0.25) is 0 Å². The molecule has 0 spiro atoms. The molecule has 0 heterocycles. The summed E-state index contributed by atoms with van der Waals surface area (Å²) < 4.78 is 42.6. The molecule has 1 aromatic rings. The molecule has 0 bridgehead atoms. The highest BCUT2D eigenvalue weighted by atomic mass is 19.4. The number of hydrogen-bond acceptors (Lipinski definition) is 2. The van der Waals surface area contributed by atoms with Gasteiger partial charge >= 0.3 is 6.18 Å². The Morgan fingerprint density at radius 3 is 2.47 bits per heavy atom. The number of halogens is 3. The minimum Gasteiger partial charge on any atom is -0.492 e. The van der Waals surface area contributed by atoms with E-state index < -0.39 is 11.7 Å². The quantitative estimate of drug-likeness (QED) is 0.812. The van der Waals surface area contributed by atoms with Gasteiger partial charge in [0, 0.05) is 0 Å². The van der Waals surface area contributed by atoms with Crippen LogP contribution in [0.1, 0.15) is 25.0 Å². The largest absolute Gasteiger partial charge is 0.492 e. The van der Waals surface area contributed by atoms with Gasteiger partial charge in [-0.15, -0.1) is 0 Å².